The topological polar surface area (TPSA) is 62.7 Å². The molecule has 0 amide bonds. The Morgan fingerprint density at radius 2 is 2.28 bits per heavy atom. The Balaban J connectivity index is 2.18. The van der Waals surface area contributed by atoms with Gasteiger partial charge in [0.05, 0.1) is 5.69 Å². The third-order valence-corrected chi connectivity index (χ3v) is 3.02. The normalized spacial score (nSPS) is 12.9. The van der Waals surface area contributed by atoms with Crippen LogP contribution in [0.15, 0.2) is 24.7 Å². The molecule has 0 atom stereocenters. The molecule has 92 valence electrons. The van der Waals surface area contributed by atoms with E-state index in [0.717, 1.165) is 42.4 Å². The van der Waals surface area contributed by atoms with Gasteiger partial charge in [-0.1, -0.05) is 0 Å². The van der Waals surface area contributed by atoms with E-state index >= 15 is 0 Å². The lowest BCUT2D eigenvalue weighted by atomic mass is 10.1. The zero-order valence-electron chi connectivity index (χ0n) is 10.3. The molecule has 0 saturated carbocycles. The molecule has 2 aromatic heterocycles. The van der Waals surface area contributed by atoms with Gasteiger partial charge in [-0.3, -0.25) is 0 Å². The van der Waals surface area contributed by atoms with E-state index < -0.39 is 0 Å². The first-order chi connectivity index (χ1) is 8.90. The summed E-state index contributed by atoms with van der Waals surface area (Å²) in [6, 6.07) is 3.98. The van der Waals surface area contributed by atoms with Crippen molar-refractivity contribution in [2.75, 3.05) is 23.7 Å². The van der Waals surface area contributed by atoms with Crippen molar-refractivity contribution >= 4 is 11.6 Å². The van der Waals surface area contributed by atoms with E-state index in [4.69, 9.17) is 0 Å². The van der Waals surface area contributed by atoms with Gasteiger partial charge in [0.1, 0.15) is 18.0 Å². The SMILES string of the molecule is CCNc1ncnc2c1CCNc1ncccc1-2. The predicted molar refractivity (Wildman–Crippen MR) is 71.6 cm³/mol. The maximum absolute atomic E-state index is 4.43. The van der Waals surface area contributed by atoms with Crippen LogP contribution in [0, 0.1) is 0 Å². The number of hydrogen-bond acceptors (Lipinski definition) is 5. The number of nitrogens with one attached hydrogen (secondary N) is 2. The van der Waals surface area contributed by atoms with Crippen LogP contribution >= 0.6 is 0 Å². The van der Waals surface area contributed by atoms with Gasteiger partial charge in [-0.2, -0.15) is 0 Å². The van der Waals surface area contributed by atoms with Gasteiger partial charge in [0, 0.05) is 30.4 Å². The summed E-state index contributed by atoms with van der Waals surface area (Å²) < 4.78 is 0. The molecule has 0 fully saturated rings. The Hall–Kier alpha value is -2.17. The van der Waals surface area contributed by atoms with Gasteiger partial charge in [0.25, 0.3) is 0 Å². The van der Waals surface area contributed by atoms with Crippen molar-refractivity contribution < 1.29 is 0 Å². The largest absolute Gasteiger partial charge is 0.370 e. The van der Waals surface area contributed by atoms with Crippen LogP contribution in [0.5, 0.6) is 0 Å². The molecule has 2 aromatic rings. The fourth-order valence-electron chi connectivity index (χ4n) is 2.24. The van der Waals surface area contributed by atoms with Gasteiger partial charge < -0.3 is 10.6 Å². The molecule has 0 bridgehead atoms. The number of nitrogens with zero attached hydrogens (tertiary/aromatic N) is 3. The highest BCUT2D eigenvalue weighted by molar-refractivity contribution is 5.78. The molecule has 5 nitrogen and oxygen atoms in total. The smallest absolute Gasteiger partial charge is 0.135 e. The first kappa shape index (κ1) is 11.0. The summed E-state index contributed by atoms with van der Waals surface area (Å²) >= 11 is 0. The molecule has 0 aromatic carbocycles. The number of rotatable bonds is 2. The van der Waals surface area contributed by atoms with Crippen LogP contribution in [0.25, 0.3) is 11.3 Å². The second-order valence-electron chi connectivity index (χ2n) is 4.16. The van der Waals surface area contributed by atoms with Crippen molar-refractivity contribution in [1.29, 1.82) is 0 Å². The lowest BCUT2D eigenvalue weighted by Crippen LogP contribution is -2.08. The van der Waals surface area contributed by atoms with Gasteiger partial charge in [0.2, 0.25) is 0 Å². The highest BCUT2D eigenvalue weighted by Gasteiger charge is 2.18. The zero-order chi connectivity index (χ0) is 12.4. The van der Waals surface area contributed by atoms with Gasteiger partial charge >= 0.3 is 0 Å². The molecule has 0 radical (unpaired) electrons. The number of aromatic nitrogens is 3. The minimum atomic E-state index is 0.850. The summed E-state index contributed by atoms with van der Waals surface area (Å²) in [5.41, 5.74) is 3.19. The summed E-state index contributed by atoms with van der Waals surface area (Å²) in [6.45, 7) is 3.78. The molecule has 1 aliphatic heterocycles. The molecule has 0 unspecified atom stereocenters. The maximum Gasteiger partial charge on any atom is 0.135 e. The van der Waals surface area contributed by atoms with Crippen LogP contribution in [0.3, 0.4) is 0 Å². The molecule has 5 heteroatoms. The Morgan fingerprint density at radius 3 is 3.17 bits per heavy atom. The van der Waals surface area contributed by atoms with Crippen molar-refractivity contribution in [3.05, 3.63) is 30.2 Å². The van der Waals surface area contributed by atoms with Crippen LogP contribution in [-0.2, 0) is 6.42 Å². The molecule has 18 heavy (non-hydrogen) atoms. The Morgan fingerprint density at radius 1 is 1.33 bits per heavy atom. The van der Waals surface area contributed by atoms with E-state index in [1.165, 1.54) is 5.56 Å². The molecule has 0 spiro atoms. The predicted octanol–water partition coefficient (Wildman–Crippen LogP) is 1.94. The number of hydrogen-bond donors (Lipinski definition) is 2. The van der Waals surface area contributed by atoms with Crippen molar-refractivity contribution in [2.45, 2.75) is 13.3 Å². The van der Waals surface area contributed by atoms with Crippen LogP contribution in [0.2, 0.25) is 0 Å². The van der Waals surface area contributed by atoms with Crippen molar-refractivity contribution in [3.8, 4) is 11.3 Å². The van der Waals surface area contributed by atoms with Crippen LogP contribution in [0.1, 0.15) is 12.5 Å². The summed E-state index contributed by atoms with van der Waals surface area (Å²) in [5.74, 6) is 1.83. The van der Waals surface area contributed by atoms with E-state index in [0.29, 0.717) is 0 Å². The summed E-state index contributed by atoms with van der Waals surface area (Å²) in [4.78, 5) is 13.1. The Kier molecular flexibility index (Phi) is 2.80. The van der Waals surface area contributed by atoms with E-state index in [9.17, 15) is 0 Å². The lowest BCUT2D eigenvalue weighted by Gasteiger charge is -2.11. The van der Waals surface area contributed by atoms with Crippen LogP contribution < -0.4 is 10.6 Å². The van der Waals surface area contributed by atoms with Crippen molar-refractivity contribution in [3.63, 3.8) is 0 Å². The molecule has 3 rings (SSSR count). The highest BCUT2D eigenvalue weighted by Crippen LogP contribution is 2.32. The van der Waals surface area contributed by atoms with Crippen LogP contribution in [0.4, 0.5) is 11.6 Å². The number of pyridine rings is 1. The molecular formula is C13H15N5. The van der Waals surface area contributed by atoms with Crippen LogP contribution in [-0.4, -0.2) is 28.0 Å². The molecule has 2 N–H and O–H groups in total. The quantitative estimate of drug-likeness (QED) is 0.841. The van der Waals surface area contributed by atoms with E-state index in [-0.39, 0.29) is 0 Å². The average molecular weight is 241 g/mol. The number of anilines is 2. The minimum Gasteiger partial charge on any atom is -0.370 e. The monoisotopic (exact) mass is 241 g/mol. The Bertz CT molecular complexity index is 567. The second kappa shape index (κ2) is 4.60. The first-order valence-corrected chi connectivity index (χ1v) is 6.17. The van der Waals surface area contributed by atoms with Crippen molar-refractivity contribution in [1.82, 2.24) is 15.0 Å². The molecule has 3 heterocycles. The van der Waals surface area contributed by atoms with E-state index in [1.807, 2.05) is 12.1 Å². The van der Waals surface area contributed by atoms with E-state index in [2.05, 4.69) is 32.5 Å². The molecule has 0 aliphatic carbocycles. The minimum absolute atomic E-state index is 0.850. The van der Waals surface area contributed by atoms with E-state index in [1.54, 1.807) is 12.5 Å². The van der Waals surface area contributed by atoms with Crippen molar-refractivity contribution in [2.24, 2.45) is 0 Å². The highest BCUT2D eigenvalue weighted by atomic mass is 15.0. The average Bonchev–Trinajstić information content (AvgIpc) is 2.59. The zero-order valence-corrected chi connectivity index (χ0v) is 10.3. The standard InChI is InChI=1S/C13H15N5/c1-2-14-12-10-5-7-16-13-9(4-3-6-15-13)11(10)17-8-18-12/h3-4,6,8H,2,5,7H2,1H3,(H,15,16)(H,14,17,18). The number of fused-ring (bicyclic) bond motifs is 3. The van der Waals surface area contributed by atoms with Gasteiger partial charge in [-0.25, -0.2) is 15.0 Å². The maximum atomic E-state index is 4.43. The third-order valence-electron chi connectivity index (χ3n) is 3.02. The molecule has 0 saturated heterocycles. The summed E-state index contributed by atoms with van der Waals surface area (Å²) in [6.07, 6.45) is 4.30. The fourth-order valence-corrected chi connectivity index (χ4v) is 2.24. The third kappa shape index (κ3) is 1.77. The first-order valence-electron chi connectivity index (χ1n) is 6.17. The fraction of sp³-hybridized carbons (Fsp3) is 0.308. The lowest BCUT2D eigenvalue weighted by molar-refractivity contribution is 0.986. The van der Waals surface area contributed by atoms with Gasteiger partial charge in [-0.15, -0.1) is 0 Å². The molecule has 1 aliphatic rings. The second-order valence-corrected chi connectivity index (χ2v) is 4.16. The Labute approximate surface area is 106 Å². The molecular weight excluding hydrogens is 226 g/mol. The summed E-state index contributed by atoms with van der Waals surface area (Å²) in [7, 11) is 0. The van der Waals surface area contributed by atoms with Gasteiger partial charge in [0.15, 0.2) is 0 Å². The summed E-state index contributed by atoms with van der Waals surface area (Å²) in [5, 5.41) is 6.63. The van der Waals surface area contributed by atoms with Gasteiger partial charge in [-0.05, 0) is 25.5 Å².